The largest absolute Gasteiger partial charge is 0.431 e. The van der Waals surface area contributed by atoms with E-state index in [4.69, 9.17) is 10.2 Å². The number of halogens is 1. The summed E-state index contributed by atoms with van der Waals surface area (Å²) in [6, 6.07) is 5.49. The number of amides is 1. The lowest BCUT2D eigenvalue weighted by Crippen LogP contribution is -2.10. The molecular formula is C8H5IN2O2. The minimum Gasteiger partial charge on any atom is -0.431 e. The summed E-state index contributed by atoms with van der Waals surface area (Å²) in [5, 5.41) is 0. The van der Waals surface area contributed by atoms with E-state index in [9.17, 15) is 4.79 Å². The van der Waals surface area contributed by atoms with Gasteiger partial charge in [0.2, 0.25) is 0 Å². The second-order valence-corrected chi connectivity index (χ2v) is 3.63. The zero-order valence-corrected chi connectivity index (χ0v) is 8.61. The van der Waals surface area contributed by atoms with Gasteiger partial charge >= 0.3 is 5.91 Å². The van der Waals surface area contributed by atoms with Crippen LogP contribution >= 0.6 is 22.6 Å². The van der Waals surface area contributed by atoms with Gasteiger partial charge in [0.05, 0.1) is 3.57 Å². The van der Waals surface area contributed by atoms with Crippen molar-refractivity contribution in [1.29, 1.82) is 0 Å². The molecule has 1 aromatic carbocycles. The van der Waals surface area contributed by atoms with Crippen molar-refractivity contribution in [2.75, 3.05) is 0 Å². The molecule has 0 aliphatic carbocycles. The summed E-state index contributed by atoms with van der Waals surface area (Å²) in [5.41, 5.74) is 6.29. The Morgan fingerprint density at radius 3 is 2.92 bits per heavy atom. The van der Waals surface area contributed by atoms with Crippen molar-refractivity contribution in [2.45, 2.75) is 0 Å². The standard InChI is InChI=1S/C8H5IN2O2/c9-4-2-1-3-5-6(4)13-8(11-5)7(10)12/h1-3H,(H2,10,12). The lowest BCUT2D eigenvalue weighted by Gasteiger charge is -1.87. The molecule has 0 aliphatic heterocycles. The van der Waals surface area contributed by atoms with Crippen LogP contribution in [-0.2, 0) is 0 Å². The summed E-state index contributed by atoms with van der Waals surface area (Å²) in [5.74, 6) is -0.689. The number of benzene rings is 1. The van der Waals surface area contributed by atoms with Gasteiger partial charge in [-0.25, -0.2) is 4.98 Å². The fourth-order valence-corrected chi connectivity index (χ4v) is 1.61. The summed E-state index contributed by atoms with van der Waals surface area (Å²) in [6.45, 7) is 0. The highest BCUT2D eigenvalue weighted by Gasteiger charge is 2.11. The Balaban J connectivity index is 2.75. The first-order chi connectivity index (χ1) is 6.18. The molecule has 0 spiro atoms. The fourth-order valence-electron chi connectivity index (χ4n) is 1.02. The number of nitrogens with two attached hydrogens (primary N) is 1. The number of carbonyl (C=O) groups excluding carboxylic acids is 1. The maximum Gasteiger partial charge on any atom is 0.304 e. The SMILES string of the molecule is NC(=O)c1nc2cccc(I)c2o1. The average molecular weight is 288 g/mol. The van der Waals surface area contributed by atoms with Gasteiger partial charge in [-0.1, -0.05) is 6.07 Å². The molecule has 1 heterocycles. The average Bonchev–Trinajstić information content (AvgIpc) is 2.49. The predicted octanol–water partition coefficient (Wildman–Crippen LogP) is 1.53. The predicted molar refractivity (Wildman–Crippen MR) is 55.2 cm³/mol. The molecule has 0 unspecified atom stereocenters. The van der Waals surface area contributed by atoms with Crippen LogP contribution in [0.4, 0.5) is 0 Å². The van der Waals surface area contributed by atoms with Gasteiger partial charge in [0.1, 0.15) is 5.52 Å². The van der Waals surface area contributed by atoms with Gasteiger partial charge in [-0.05, 0) is 34.7 Å². The molecule has 5 heteroatoms. The maximum absolute atomic E-state index is 10.7. The van der Waals surface area contributed by atoms with Crippen molar-refractivity contribution in [3.8, 4) is 0 Å². The monoisotopic (exact) mass is 288 g/mol. The number of para-hydroxylation sites is 1. The van der Waals surface area contributed by atoms with Gasteiger partial charge in [0.15, 0.2) is 5.58 Å². The second kappa shape index (κ2) is 2.99. The topological polar surface area (TPSA) is 69.1 Å². The number of carbonyl (C=O) groups is 1. The molecule has 66 valence electrons. The Morgan fingerprint density at radius 2 is 2.31 bits per heavy atom. The van der Waals surface area contributed by atoms with Crippen molar-refractivity contribution in [3.05, 3.63) is 27.7 Å². The molecule has 0 fully saturated rings. The summed E-state index contributed by atoms with van der Waals surface area (Å²) in [6.07, 6.45) is 0. The van der Waals surface area contributed by atoms with E-state index in [2.05, 4.69) is 27.6 Å². The minimum atomic E-state index is -0.646. The van der Waals surface area contributed by atoms with E-state index in [1.54, 1.807) is 6.07 Å². The highest BCUT2D eigenvalue weighted by Crippen LogP contribution is 2.20. The molecule has 0 aliphatic rings. The Labute approximate surface area is 87.3 Å². The number of primary amides is 1. The third-order valence-corrected chi connectivity index (χ3v) is 2.43. The summed E-state index contributed by atoms with van der Waals surface area (Å²) in [7, 11) is 0. The van der Waals surface area contributed by atoms with E-state index < -0.39 is 5.91 Å². The Morgan fingerprint density at radius 1 is 1.54 bits per heavy atom. The maximum atomic E-state index is 10.7. The van der Waals surface area contributed by atoms with Gasteiger partial charge in [-0.3, -0.25) is 4.79 Å². The minimum absolute atomic E-state index is 0.0425. The molecule has 2 rings (SSSR count). The van der Waals surface area contributed by atoms with Crippen molar-refractivity contribution in [1.82, 2.24) is 4.98 Å². The Kier molecular flexibility index (Phi) is 1.95. The molecule has 4 nitrogen and oxygen atoms in total. The van der Waals surface area contributed by atoms with Crippen molar-refractivity contribution in [3.63, 3.8) is 0 Å². The van der Waals surface area contributed by atoms with Crippen molar-refractivity contribution in [2.24, 2.45) is 5.73 Å². The molecule has 1 aromatic heterocycles. The molecule has 0 bridgehead atoms. The van der Waals surface area contributed by atoms with Crippen LogP contribution < -0.4 is 5.73 Å². The van der Waals surface area contributed by atoms with Gasteiger partial charge in [-0.2, -0.15) is 0 Å². The van der Waals surface area contributed by atoms with E-state index in [0.717, 1.165) is 3.57 Å². The van der Waals surface area contributed by atoms with Gasteiger partial charge < -0.3 is 10.2 Å². The number of rotatable bonds is 1. The van der Waals surface area contributed by atoms with Gasteiger partial charge in [-0.15, -0.1) is 0 Å². The third-order valence-electron chi connectivity index (χ3n) is 1.58. The second-order valence-electron chi connectivity index (χ2n) is 2.47. The zero-order valence-electron chi connectivity index (χ0n) is 6.45. The number of aromatic nitrogens is 1. The first-order valence-electron chi connectivity index (χ1n) is 3.53. The van der Waals surface area contributed by atoms with Crippen molar-refractivity contribution < 1.29 is 9.21 Å². The van der Waals surface area contributed by atoms with Crippen LogP contribution in [0.25, 0.3) is 11.1 Å². The molecule has 0 saturated carbocycles. The van der Waals surface area contributed by atoms with Crippen LogP contribution in [-0.4, -0.2) is 10.9 Å². The normalized spacial score (nSPS) is 10.5. The first kappa shape index (κ1) is 8.49. The quantitative estimate of drug-likeness (QED) is 0.809. The van der Waals surface area contributed by atoms with Crippen LogP contribution in [0.1, 0.15) is 10.7 Å². The molecule has 0 saturated heterocycles. The van der Waals surface area contributed by atoms with E-state index in [1.165, 1.54) is 0 Å². The highest BCUT2D eigenvalue weighted by atomic mass is 127. The van der Waals surface area contributed by atoms with Crippen LogP contribution in [0.15, 0.2) is 22.6 Å². The van der Waals surface area contributed by atoms with Gasteiger partial charge in [0, 0.05) is 0 Å². The van der Waals surface area contributed by atoms with E-state index in [0.29, 0.717) is 11.1 Å². The lowest BCUT2D eigenvalue weighted by molar-refractivity contribution is 0.0969. The third kappa shape index (κ3) is 1.39. The number of hydrogen-bond donors (Lipinski definition) is 1. The van der Waals surface area contributed by atoms with Gasteiger partial charge in [0.25, 0.3) is 5.89 Å². The molecular weight excluding hydrogens is 283 g/mol. The molecule has 1 amide bonds. The first-order valence-corrected chi connectivity index (χ1v) is 4.61. The van der Waals surface area contributed by atoms with Crippen LogP contribution in [0.3, 0.4) is 0 Å². The molecule has 2 N–H and O–H groups in total. The smallest absolute Gasteiger partial charge is 0.304 e. The number of hydrogen-bond acceptors (Lipinski definition) is 3. The van der Waals surface area contributed by atoms with E-state index in [-0.39, 0.29) is 5.89 Å². The zero-order chi connectivity index (χ0) is 9.42. The number of nitrogens with zero attached hydrogens (tertiary/aromatic N) is 1. The summed E-state index contributed by atoms with van der Waals surface area (Å²) in [4.78, 5) is 14.7. The highest BCUT2D eigenvalue weighted by molar-refractivity contribution is 14.1. The van der Waals surface area contributed by atoms with Crippen LogP contribution in [0.5, 0.6) is 0 Å². The fraction of sp³-hybridized carbons (Fsp3) is 0. The van der Waals surface area contributed by atoms with Crippen molar-refractivity contribution >= 4 is 39.6 Å². The summed E-state index contributed by atoms with van der Waals surface area (Å²) >= 11 is 2.11. The molecule has 13 heavy (non-hydrogen) atoms. The van der Waals surface area contributed by atoms with E-state index in [1.807, 2.05) is 12.1 Å². The molecule has 0 atom stereocenters. The Bertz CT molecular complexity index is 478. The molecule has 0 radical (unpaired) electrons. The van der Waals surface area contributed by atoms with Crippen LogP contribution in [0.2, 0.25) is 0 Å². The number of oxazole rings is 1. The van der Waals surface area contributed by atoms with E-state index >= 15 is 0 Å². The Hall–Kier alpha value is -1.11. The van der Waals surface area contributed by atoms with Crippen LogP contribution in [0, 0.1) is 3.57 Å². The summed E-state index contributed by atoms with van der Waals surface area (Å²) < 4.78 is 6.08. The lowest BCUT2D eigenvalue weighted by atomic mass is 10.3. The molecule has 2 aromatic rings. The number of fused-ring (bicyclic) bond motifs is 1.